The van der Waals surface area contributed by atoms with Crippen molar-refractivity contribution in [2.24, 2.45) is 0 Å². The van der Waals surface area contributed by atoms with E-state index in [1.807, 2.05) is 50.2 Å². The van der Waals surface area contributed by atoms with Crippen LogP contribution in [0.15, 0.2) is 72.8 Å². The van der Waals surface area contributed by atoms with Crippen LogP contribution >= 0.6 is 0 Å². The SMILES string of the molecule is Cc1ccc(CN(Cc2ccc(O)c3nc(C)ccc23)Cc2ccc(O)c3nc(C)ccc23)cc1. The third kappa shape index (κ3) is 4.81. The highest BCUT2D eigenvalue weighted by Crippen LogP contribution is 2.30. The first kappa shape index (κ1) is 22.8. The molecular weight excluding hydrogens is 434 g/mol. The molecule has 0 fully saturated rings. The maximum atomic E-state index is 10.4. The zero-order valence-corrected chi connectivity index (χ0v) is 20.3. The van der Waals surface area contributed by atoms with Crippen molar-refractivity contribution >= 4 is 21.8 Å². The molecule has 0 bridgehead atoms. The third-order valence-corrected chi connectivity index (χ3v) is 6.45. The molecule has 0 radical (unpaired) electrons. The molecular formula is C30H29N3O2. The summed E-state index contributed by atoms with van der Waals surface area (Å²) in [7, 11) is 0. The topological polar surface area (TPSA) is 69.5 Å². The first-order valence-electron chi connectivity index (χ1n) is 11.8. The molecule has 2 aromatic heterocycles. The summed E-state index contributed by atoms with van der Waals surface area (Å²) in [4.78, 5) is 11.5. The molecule has 5 nitrogen and oxygen atoms in total. The van der Waals surface area contributed by atoms with E-state index in [2.05, 4.69) is 46.1 Å². The number of aryl methyl sites for hydroxylation is 3. The van der Waals surface area contributed by atoms with Crippen molar-refractivity contribution in [1.82, 2.24) is 14.9 Å². The van der Waals surface area contributed by atoms with Crippen LogP contribution in [0.2, 0.25) is 0 Å². The van der Waals surface area contributed by atoms with Gasteiger partial charge in [-0.15, -0.1) is 0 Å². The Bertz CT molecular complexity index is 1430. The average molecular weight is 464 g/mol. The molecule has 2 N–H and O–H groups in total. The van der Waals surface area contributed by atoms with Crippen LogP contribution in [-0.4, -0.2) is 25.1 Å². The second-order valence-electron chi connectivity index (χ2n) is 9.32. The predicted molar refractivity (Wildman–Crippen MR) is 140 cm³/mol. The van der Waals surface area contributed by atoms with E-state index in [0.29, 0.717) is 24.1 Å². The van der Waals surface area contributed by atoms with Crippen LogP contribution in [0.4, 0.5) is 0 Å². The summed E-state index contributed by atoms with van der Waals surface area (Å²) < 4.78 is 0. The first-order valence-corrected chi connectivity index (χ1v) is 11.8. The highest BCUT2D eigenvalue weighted by Gasteiger charge is 2.15. The van der Waals surface area contributed by atoms with Gasteiger partial charge in [0.2, 0.25) is 0 Å². The zero-order valence-electron chi connectivity index (χ0n) is 20.3. The van der Waals surface area contributed by atoms with Crippen molar-refractivity contribution < 1.29 is 10.2 Å². The van der Waals surface area contributed by atoms with Crippen LogP contribution in [0.5, 0.6) is 11.5 Å². The van der Waals surface area contributed by atoms with Gasteiger partial charge in [-0.1, -0.05) is 54.1 Å². The van der Waals surface area contributed by atoms with Crippen LogP contribution in [0.1, 0.15) is 33.6 Å². The fraction of sp³-hybridized carbons (Fsp3) is 0.200. The van der Waals surface area contributed by atoms with Crippen LogP contribution < -0.4 is 0 Å². The van der Waals surface area contributed by atoms with E-state index in [4.69, 9.17) is 0 Å². The summed E-state index contributed by atoms with van der Waals surface area (Å²) in [6, 6.07) is 24.1. The fourth-order valence-corrected chi connectivity index (χ4v) is 4.60. The molecule has 5 aromatic rings. The molecule has 0 amide bonds. The van der Waals surface area contributed by atoms with Gasteiger partial charge in [0.1, 0.15) is 22.5 Å². The van der Waals surface area contributed by atoms with E-state index in [0.717, 1.165) is 39.8 Å². The average Bonchev–Trinajstić information content (AvgIpc) is 2.84. The van der Waals surface area contributed by atoms with E-state index in [1.165, 1.54) is 11.1 Å². The Labute approximate surface area is 205 Å². The number of aromatic hydroxyl groups is 2. The van der Waals surface area contributed by atoms with Gasteiger partial charge in [0, 0.05) is 41.8 Å². The summed E-state index contributed by atoms with van der Waals surface area (Å²) in [5.74, 6) is 0.395. The number of hydrogen-bond acceptors (Lipinski definition) is 5. The van der Waals surface area contributed by atoms with Gasteiger partial charge in [-0.2, -0.15) is 0 Å². The molecule has 0 saturated heterocycles. The summed E-state index contributed by atoms with van der Waals surface area (Å²) in [6.45, 7) is 8.07. The van der Waals surface area contributed by atoms with Crippen LogP contribution in [0.25, 0.3) is 21.8 Å². The highest BCUT2D eigenvalue weighted by atomic mass is 16.3. The Balaban J connectivity index is 1.55. The predicted octanol–water partition coefficient (Wildman–Crippen LogP) is 6.32. The monoisotopic (exact) mass is 463 g/mol. The second-order valence-corrected chi connectivity index (χ2v) is 9.32. The minimum absolute atomic E-state index is 0.198. The lowest BCUT2D eigenvalue weighted by Gasteiger charge is -2.24. The minimum Gasteiger partial charge on any atom is -0.506 e. The number of nitrogens with zero attached hydrogens (tertiary/aromatic N) is 3. The number of benzene rings is 3. The van der Waals surface area contributed by atoms with Crippen molar-refractivity contribution in [2.75, 3.05) is 0 Å². The molecule has 5 rings (SSSR count). The maximum Gasteiger partial charge on any atom is 0.141 e. The molecule has 0 aliphatic heterocycles. The van der Waals surface area contributed by atoms with Crippen LogP contribution in [0.3, 0.4) is 0 Å². The normalized spacial score (nSPS) is 11.5. The molecule has 0 atom stereocenters. The van der Waals surface area contributed by atoms with Gasteiger partial charge in [-0.05, 0) is 61.7 Å². The summed E-state index contributed by atoms with van der Waals surface area (Å²) in [5, 5.41) is 22.7. The van der Waals surface area contributed by atoms with E-state index in [-0.39, 0.29) is 11.5 Å². The van der Waals surface area contributed by atoms with Gasteiger partial charge in [-0.25, -0.2) is 9.97 Å². The van der Waals surface area contributed by atoms with E-state index in [9.17, 15) is 10.2 Å². The number of hydrogen-bond donors (Lipinski definition) is 2. The molecule has 35 heavy (non-hydrogen) atoms. The van der Waals surface area contributed by atoms with Crippen molar-refractivity contribution in [3.05, 3.63) is 106 Å². The Kier molecular flexibility index (Phi) is 6.10. The lowest BCUT2D eigenvalue weighted by molar-refractivity contribution is 0.249. The van der Waals surface area contributed by atoms with Crippen LogP contribution in [0, 0.1) is 20.8 Å². The summed E-state index contributed by atoms with van der Waals surface area (Å²) in [5.41, 5.74) is 7.69. The van der Waals surface area contributed by atoms with Gasteiger partial charge in [0.15, 0.2) is 0 Å². The highest BCUT2D eigenvalue weighted by molar-refractivity contribution is 5.88. The molecule has 0 unspecified atom stereocenters. The van der Waals surface area contributed by atoms with Crippen molar-refractivity contribution in [2.45, 2.75) is 40.4 Å². The number of phenols is 2. The number of rotatable bonds is 6. The van der Waals surface area contributed by atoms with Crippen molar-refractivity contribution in [1.29, 1.82) is 0 Å². The van der Waals surface area contributed by atoms with Gasteiger partial charge in [0.05, 0.1) is 0 Å². The maximum absolute atomic E-state index is 10.4. The summed E-state index contributed by atoms with van der Waals surface area (Å²) >= 11 is 0. The molecule has 5 heteroatoms. The molecule has 0 aliphatic rings. The molecule has 2 heterocycles. The van der Waals surface area contributed by atoms with E-state index < -0.39 is 0 Å². The standard InChI is InChI=1S/C30H29N3O2/c1-19-4-8-22(9-5-19)16-33(17-23-10-14-27(34)29-25(23)12-6-20(2)31-29)18-24-11-15-28(35)30-26(24)13-7-21(3)32-30/h4-15,34-35H,16-18H2,1-3H3. The van der Waals surface area contributed by atoms with Gasteiger partial charge in [-0.3, -0.25) is 4.90 Å². The van der Waals surface area contributed by atoms with E-state index in [1.54, 1.807) is 12.1 Å². The molecule has 0 spiro atoms. The molecule has 0 saturated carbocycles. The second kappa shape index (κ2) is 9.35. The Morgan fingerprint density at radius 2 is 1.06 bits per heavy atom. The lowest BCUT2D eigenvalue weighted by atomic mass is 10.0. The number of pyridine rings is 2. The van der Waals surface area contributed by atoms with Crippen molar-refractivity contribution in [3.63, 3.8) is 0 Å². The summed E-state index contributed by atoms with van der Waals surface area (Å²) in [6.07, 6.45) is 0. The number of aromatic nitrogens is 2. The Morgan fingerprint density at radius 3 is 1.54 bits per heavy atom. The van der Waals surface area contributed by atoms with Crippen LogP contribution in [-0.2, 0) is 19.6 Å². The number of phenolic OH excluding ortho intramolecular Hbond substituents is 2. The van der Waals surface area contributed by atoms with Gasteiger partial charge >= 0.3 is 0 Å². The Hall–Kier alpha value is -3.96. The largest absolute Gasteiger partial charge is 0.506 e. The molecule has 3 aromatic carbocycles. The molecule has 0 aliphatic carbocycles. The Morgan fingerprint density at radius 1 is 0.571 bits per heavy atom. The number of fused-ring (bicyclic) bond motifs is 2. The smallest absolute Gasteiger partial charge is 0.141 e. The van der Waals surface area contributed by atoms with Gasteiger partial charge in [0.25, 0.3) is 0 Å². The van der Waals surface area contributed by atoms with Gasteiger partial charge < -0.3 is 10.2 Å². The zero-order chi connectivity index (χ0) is 24.5. The van der Waals surface area contributed by atoms with Crippen molar-refractivity contribution in [3.8, 4) is 11.5 Å². The lowest BCUT2D eigenvalue weighted by Crippen LogP contribution is -2.23. The first-order chi connectivity index (χ1) is 16.9. The molecule has 176 valence electrons. The third-order valence-electron chi connectivity index (χ3n) is 6.45. The minimum atomic E-state index is 0.198. The fourth-order valence-electron chi connectivity index (χ4n) is 4.60. The quantitative estimate of drug-likeness (QED) is 0.308. The van der Waals surface area contributed by atoms with E-state index >= 15 is 0 Å².